The molecule has 3 N–H and O–H groups in total. The first-order valence-electron chi connectivity index (χ1n) is 9.22. The van der Waals surface area contributed by atoms with Gasteiger partial charge in [0, 0.05) is 24.2 Å². The van der Waals surface area contributed by atoms with E-state index in [2.05, 4.69) is 31.0 Å². The van der Waals surface area contributed by atoms with Crippen LogP contribution >= 0.6 is 0 Å². The highest BCUT2D eigenvalue weighted by atomic mass is 16.5. The van der Waals surface area contributed by atoms with E-state index in [1.165, 1.54) is 0 Å². The molecule has 0 unspecified atom stereocenters. The average molecular weight is 378 g/mol. The molecule has 2 aromatic carbocycles. The van der Waals surface area contributed by atoms with Crippen molar-refractivity contribution >= 4 is 28.4 Å². The summed E-state index contributed by atoms with van der Waals surface area (Å²) in [7, 11) is 0. The zero-order valence-electron chi connectivity index (χ0n) is 15.4. The van der Waals surface area contributed by atoms with Crippen molar-refractivity contribution in [1.82, 2.24) is 20.3 Å². The second-order valence-electron chi connectivity index (χ2n) is 6.46. The van der Waals surface area contributed by atoms with Gasteiger partial charge in [0.05, 0.1) is 25.3 Å². The van der Waals surface area contributed by atoms with Gasteiger partial charge in [0.25, 0.3) is 0 Å². The quantitative estimate of drug-likeness (QED) is 0.591. The van der Waals surface area contributed by atoms with E-state index >= 15 is 0 Å². The number of aromatic nitrogens is 2. The number of benzene rings is 2. The van der Waals surface area contributed by atoms with Crippen LogP contribution in [0.4, 0.5) is 16.3 Å². The van der Waals surface area contributed by atoms with E-state index < -0.39 is 0 Å². The average Bonchev–Trinajstić information content (AvgIpc) is 2.73. The van der Waals surface area contributed by atoms with Crippen LogP contribution in [0.5, 0.6) is 0 Å². The van der Waals surface area contributed by atoms with E-state index in [0.29, 0.717) is 23.9 Å². The molecule has 144 valence electrons. The summed E-state index contributed by atoms with van der Waals surface area (Å²) < 4.78 is 5.40. The van der Waals surface area contributed by atoms with Gasteiger partial charge >= 0.3 is 6.03 Å². The molecule has 0 atom stereocenters. The van der Waals surface area contributed by atoms with Crippen molar-refractivity contribution in [1.29, 1.82) is 0 Å². The molecule has 0 radical (unpaired) electrons. The summed E-state index contributed by atoms with van der Waals surface area (Å²) in [5, 5.41) is 3.60. The number of para-hydroxylation sites is 2. The standard InChI is InChI=1S/C20H22N6O2/c27-20(21-15-6-2-1-3-7-15)25-24-19-16-8-4-5-9-17(16)22-18(23-19)14-26-10-12-28-13-11-26/h1-9H,10-14H2,(H2,21,25,27)(H,22,23,24). The molecule has 1 aliphatic rings. The van der Waals surface area contributed by atoms with Crippen molar-refractivity contribution in [3.05, 3.63) is 60.4 Å². The normalized spacial score (nSPS) is 14.6. The minimum Gasteiger partial charge on any atom is -0.379 e. The molecule has 0 aliphatic carbocycles. The van der Waals surface area contributed by atoms with Crippen molar-refractivity contribution in [3.63, 3.8) is 0 Å². The number of anilines is 2. The fourth-order valence-electron chi connectivity index (χ4n) is 3.05. The molecule has 3 aromatic rings. The second-order valence-corrected chi connectivity index (χ2v) is 6.46. The van der Waals surface area contributed by atoms with Crippen LogP contribution in [0, 0.1) is 0 Å². The number of hydrogen-bond acceptors (Lipinski definition) is 6. The van der Waals surface area contributed by atoms with E-state index in [0.717, 1.165) is 37.2 Å². The first kappa shape index (κ1) is 18.1. The van der Waals surface area contributed by atoms with Crippen LogP contribution in [0.2, 0.25) is 0 Å². The molecule has 1 aliphatic heterocycles. The van der Waals surface area contributed by atoms with Crippen molar-refractivity contribution in [2.45, 2.75) is 6.54 Å². The lowest BCUT2D eigenvalue weighted by Crippen LogP contribution is -2.36. The molecule has 2 amide bonds. The maximum Gasteiger partial charge on any atom is 0.337 e. The van der Waals surface area contributed by atoms with Gasteiger partial charge in [0.2, 0.25) is 0 Å². The summed E-state index contributed by atoms with van der Waals surface area (Å²) in [6, 6.07) is 16.6. The predicted octanol–water partition coefficient (Wildman–Crippen LogP) is 2.61. The summed E-state index contributed by atoms with van der Waals surface area (Å²) in [6.45, 7) is 3.80. The lowest BCUT2D eigenvalue weighted by atomic mass is 10.2. The fourth-order valence-corrected chi connectivity index (χ4v) is 3.05. The SMILES string of the molecule is O=C(NNc1nc(CN2CCOCC2)nc2ccccc12)Nc1ccccc1. The van der Waals surface area contributed by atoms with Gasteiger partial charge in [-0.15, -0.1) is 0 Å². The first-order valence-corrected chi connectivity index (χ1v) is 9.22. The number of amides is 2. The lowest BCUT2D eigenvalue weighted by Gasteiger charge is -2.26. The van der Waals surface area contributed by atoms with Gasteiger partial charge in [-0.1, -0.05) is 30.3 Å². The largest absolute Gasteiger partial charge is 0.379 e. The van der Waals surface area contributed by atoms with Crippen LogP contribution in [0.3, 0.4) is 0 Å². The van der Waals surface area contributed by atoms with Crippen molar-refractivity contribution < 1.29 is 9.53 Å². The van der Waals surface area contributed by atoms with Crippen LogP contribution in [0.1, 0.15) is 5.82 Å². The summed E-state index contributed by atoms with van der Waals surface area (Å²) >= 11 is 0. The maximum absolute atomic E-state index is 12.2. The van der Waals surface area contributed by atoms with Gasteiger partial charge in [-0.05, 0) is 24.3 Å². The summed E-state index contributed by atoms with van der Waals surface area (Å²) in [5.74, 6) is 1.27. The first-order chi connectivity index (χ1) is 13.8. The van der Waals surface area contributed by atoms with Gasteiger partial charge in [-0.3, -0.25) is 15.8 Å². The van der Waals surface area contributed by atoms with Crippen molar-refractivity contribution in [2.24, 2.45) is 0 Å². The number of nitrogens with one attached hydrogen (secondary N) is 3. The molecule has 2 heterocycles. The fraction of sp³-hybridized carbons (Fsp3) is 0.250. The Bertz CT molecular complexity index is 944. The molecule has 0 saturated carbocycles. The molecule has 0 bridgehead atoms. The smallest absolute Gasteiger partial charge is 0.337 e. The number of nitrogens with zero attached hydrogens (tertiary/aromatic N) is 3. The van der Waals surface area contributed by atoms with E-state index in [4.69, 9.17) is 4.74 Å². The Hall–Kier alpha value is -3.23. The van der Waals surface area contributed by atoms with Gasteiger partial charge in [-0.2, -0.15) is 0 Å². The highest BCUT2D eigenvalue weighted by Gasteiger charge is 2.14. The Labute approximate surface area is 162 Å². The van der Waals surface area contributed by atoms with Gasteiger partial charge in [-0.25, -0.2) is 14.8 Å². The highest BCUT2D eigenvalue weighted by molar-refractivity contribution is 5.93. The summed E-state index contributed by atoms with van der Waals surface area (Å²) in [5.41, 5.74) is 7.11. The van der Waals surface area contributed by atoms with E-state index in [1.54, 1.807) is 0 Å². The van der Waals surface area contributed by atoms with Crippen LogP contribution < -0.4 is 16.2 Å². The van der Waals surface area contributed by atoms with Crippen molar-refractivity contribution in [3.8, 4) is 0 Å². The molecular formula is C20H22N6O2. The van der Waals surface area contributed by atoms with E-state index in [9.17, 15) is 4.79 Å². The Balaban J connectivity index is 1.49. The Kier molecular flexibility index (Phi) is 5.60. The third kappa shape index (κ3) is 4.54. The number of carbonyl (C=O) groups is 1. The third-order valence-electron chi connectivity index (χ3n) is 4.44. The molecular weight excluding hydrogens is 356 g/mol. The monoisotopic (exact) mass is 378 g/mol. The zero-order chi connectivity index (χ0) is 19.2. The Morgan fingerprint density at radius 2 is 1.75 bits per heavy atom. The minimum absolute atomic E-state index is 0.372. The van der Waals surface area contributed by atoms with Crippen molar-refractivity contribution in [2.75, 3.05) is 37.0 Å². The van der Waals surface area contributed by atoms with E-state index in [-0.39, 0.29) is 6.03 Å². The topological polar surface area (TPSA) is 91.4 Å². The molecule has 28 heavy (non-hydrogen) atoms. The number of morpholine rings is 1. The number of fused-ring (bicyclic) bond motifs is 1. The number of hydrogen-bond donors (Lipinski definition) is 3. The predicted molar refractivity (Wildman–Crippen MR) is 108 cm³/mol. The Morgan fingerprint density at radius 3 is 2.57 bits per heavy atom. The van der Waals surface area contributed by atoms with Crippen LogP contribution in [0.25, 0.3) is 10.9 Å². The molecule has 0 spiro atoms. The second kappa shape index (κ2) is 8.64. The summed E-state index contributed by atoms with van der Waals surface area (Å²) in [4.78, 5) is 23.7. The Morgan fingerprint density at radius 1 is 1.00 bits per heavy atom. The van der Waals surface area contributed by atoms with Gasteiger partial charge in [0.1, 0.15) is 5.82 Å². The number of hydrazine groups is 1. The number of ether oxygens (including phenoxy) is 1. The molecule has 1 aromatic heterocycles. The number of rotatable bonds is 5. The van der Waals surface area contributed by atoms with Crippen LogP contribution in [-0.4, -0.2) is 47.2 Å². The molecule has 1 saturated heterocycles. The maximum atomic E-state index is 12.2. The zero-order valence-corrected chi connectivity index (χ0v) is 15.4. The number of urea groups is 1. The highest BCUT2D eigenvalue weighted by Crippen LogP contribution is 2.20. The molecule has 8 heteroatoms. The summed E-state index contributed by atoms with van der Waals surface area (Å²) in [6.07, 6.45) is 0. The minimum atomic E-state index is -0.372. The molecule has 8 nitrogen and oxygen atoms in total. The van der Waals surface area contributed by atoms with Crippen LogP contribution in [-0.2, 0) is 11.3 Å². The van der Waals surface area contributed by atoms with E-state index in [1.807, 2.05) is 54.6 Å². The van der Waals surface area contributed by atoms with Gasteiger partial charge in [0.15, 0.2) is 5.82 Å². The van der Waals surface area contributed by atoms with Gasteiger partial charge < -0.3 is 10.1 Å². The number of carbonyl (C=O) groups excluding carboxylic acids is 1. The third-order valence-corrected chi connectivity index (χ3v) is 4.44. The van der Waals surface area contributed by atoms with Crippen LogP contribution in [0.15, 0.2) is 54.6 Å². The molecule has 4 rings (SSSR count). The lowest BCUT2D eigenvalue weighted by molar-refractivity contribution is 0.0331. The molecule has 1 fully saturated rings.